The second-order valence-corrected chi connectivity index (χ2v) is 6.65. The van der Waals surface area contributed by atoms with Crippen molar-refractivity contribution in [1.29, 1.82) is 0 Å². The van der Waals surface area contributed by atoms with E-state index in [2.05, 4.69) is 10.2 Å². The zero-order valence-electron chi connectivity index (χ0n) is 15.7. The lowest BCUT2D eigenvalue weighted by Crippen LogP contribution is -2.51. The van der Waals surface area contributed by atoms with Gasteiger partial charge in [0, 0.05) is 45.9 Å². The van der Waals surface area contributed by atoms with Crippen molar-refractivity contribution in [3.63, 3.8) is 0 Å². The number of piperazine rings is 1. The van der Waals surface area contributed by atoms with E-state index >= 15 is 0 Å². The maximum Gasteiger partial charge on any atom is 0.236 e. The highest BCUT2D eigenvalue weighted by Crippen LogP contribution is 2.11. The smallest absolute Gasteiger partial charge is 0.236 e. The van der Waals surface area contributed by atoms with Crippen molar-refractivity contribution >= 4 is 30.7 Å². The average molecular weight is 420 g/mol. The molecule has 0 spiro atoms. The Morgan fingerprint density at radius 2 is 1.89 bits per heavy atom. The van der Waals surface area contributed by atoms with Crippen LogP contribution in [0.25, 0.3) is 0 Å². The molecule has 6 nitrogen and oxygen atoms in total. The van der Waals surface area contributed by atoms with E-state index in [1.165, 1.54) is 0 Å². The number of benzene rings is 1. The molecule has 2 fully saturated rings. The highest BCUT2D eigenvalue weighted by atomic mass is 35.5. The van der Waals surface area contributed by atoms with Crippen LogP contribution in [0, 0.1) is 0 Å². The molecule has 1 aromatic rings. The number of rotatable bonds is 8. The van der Waals surface area contributed by atoms with E-state index in [1.54, 1.807) is 0 Å². The fourth-order valence-corrected chi connectivity index (χ4v) is 3.29. The van der Waals surface area contributed by atoms with Gasteiger partial charge in [-0.1, -0.05) is 18.2 Å². The first-order chi connectivity index (χ1) is 12.3. The molecule has 0 radical (unpaired) electrons. The molecule has 27 heavy (non-hydrogen) atoms. The van der Waals surface area contributed by atoms with Crippen LogP contribution in [0.15, 0.2) is 30.3 Å². The van der Waals surface area contributed by atoms with E-state index in [1.807, 2.05) is 35.2 Å². The Morgan fingerprint density at radius 3 is 2.56 bits per heavy atom. The van der Waals surface area contributed by atoms with Gasteiger partial charge < -0.3 is 19.7 Å². The van der Waals surface area contributed by atoms with Gasteiger partial charge in [0.25, 0.3) is 0 Å². The van der Waals surface area contributed by atoms with E-state index in [0.717, 1.165) is 64.5 Å². The lowest BCUT2D eigenvalue weighted by Gasteiger charge is -2.34. The molecule has 2 aliphatic rings. The number of halogens is 2. The van der Waals surface area contributed by atoms with Gasteiger partial charge >= 0.3 is 0 Å². The van der Waals surface area contributed by atoms with Crippen molar-refractivity contribution in [2.45, 2.75) is 18.9 Å². The highest BCUT2D eigenvalue weighted by Gasteiger charge is 2.21. The Kier molecular flexibility index (Phi) is 11.7. The third kappa shape index (κ3) is 8.23. The number of ether oxygens (including phenoxy) is 2. The molecular weight excluding hydrogens is 389 g/mol. The molecule has 1 N–H and O–H groups in total. The Balaban J connectivity index is 0.00000182. The minimum atomic E-state index is 0. The summed E-state index contributed by atoms with van der Waals surface area (Å²) in [5.74, 6) is 1.10. The molecule has 8 heteroatoms. The van der Waals surface area contributed by atoms with Crippen molar-refractivity contribution in [1.82, 2.24) is 15.1 Å². The monoisotopic (exact) mass is 419 g/mol. The summed E-state index contributed by atoms with van der Waals surface area (Å²) in [6.07, 6.45) is 2.52. The quantitative estimate of drug-likeness (QED) is 0.696. The number of carbonyl (C=O) groups excluding carboxylic acids is 1. The van der Waals surface area contributed by atoms with Gasteiger partial charge in [-0.05, 0) is 25.0 Å². The highest BCUT2D eigenvalue weighted by molar-refractivity contribution is 5.85. The first kappa shape index (κ1) is 24.0. The molecule has 0 aliphatic carbocycles. The molecule has 1 amide bonds. The molecule has 0 aromatic heterocycles. The van der Waals surface area contributed by atoms with E-state index < -0.39 is 0 Å². The van der Waals surface area contributed by atoms with Crippen LogP contribution in [0.3, 0.4) is 0 Å². The maximum atomic E-state index is 12.3. The molecule has 3 rings (SSSR count). The average Bonchev–Trinajstić information content (AvgIpc) is 3.16. The summed E-state index contributed by atoms with van der Waals surface area (Å²) in [4.78, 5) is 16.6. The SMILES string of the molecule is Cl.Cl.O=C(CNCC1CCCO1)N1CCN(CCOc2ccccc2)CC1. The van der Waals surface area contributed by atoms with E-state index in [0.29, 0.717) is 13.2 Å². The molecule has 0 bridgehead atoms. The van der Waals surface area contributed by atoms with Crippen LogP contribution < -0.4 is 10.1 Å². The van der Waals surface area contributed by atoms with Crippen LogP contribution in [0.1, 0.15) is 12.8 Å². The van der Waals surface area contributed by atoms with Gasteiger partial charge in [0.05, 0.1) is 12.6 Å². The second kappa shape index (κ2) is 13.2. The third-order valence-electron chi connectivity index (χ3n) is 4.82. The molecule has 1 atom stereocenters. The molecule has 2 heterocycles. The number of nitrogens with zero attached hydrogens (tertiary/aromatic N) is 2. The lowest BCUT2D eigenvalue weighted by atomic mass is 10.2. The van der Waals surface area contributed by atoms with Crippen LogP contribution >= 0.6 is 24.8 Å². The maximum absolute atomic E-state index is 12.3. The zero-order valence-corrected chi connectivity index (χ0v) is 17.3. The number of carbonyl (C=O) groups is 1. The minimum Gasteiger partial charge on any atom is -0.492 e. The van der Waals surface area contributed by atoms with Gasteiger partial charge in [-0.2, -0.15) is 0 Å². The van der Waals surface area contributed by atoms with Crippen molar-refractivity contribution < 1.29 is 14.3 Å². The molecule has 154 valence electrons. The molecule has 1 unspecified atom stereocenters. The summed E-state index contributed by atoms with van der Waals surface area (Å²) in [6, 6.07) is 9.89. The number of amides is 1. The van der Waals surface area contributed by atoms with E-state index in [9.17, 15) is 4.79 Å². The number of hydrogen-bond acceptors (Lipinski definition) is 5. The lowest BCUT2D eigenvalue weighted by molar-refractivity contribution is -0.132. The second-order valence-electron chi connectivity index (χ2n) is 6.65. The zero-order chi connectivity index (χ0) is 17.3. The van der Waals surface area contributed by atoms with E-state index in [4.69, 9.17) is 9.47 Å². The van der Waals surface area contributed by atoms with Gasteiger partial charge in [-0.3, -0.25) is 9.69 Å². The number of nitrogens with one attached hydrogen (secondary N) is 1. The van der Waals surface area contributed by atoms with Crippen molar-refractivity contribution in [2.24, 2.45) is 0 Å². The van der Waals surface area contributed by atoms with Crippen LogP contribution in [0.5, 0.6) is 5.75 Å². The van der Waals surface area contributed by atoms with Gasteiger partial charge in [0.1, 0.15) is 12.4 Å². The Hall–Kier alpha value is -1.05. The molecule has 1 aromatic carbocycles. The molecule has 0 saturated carbocycles. The topological polar surface area (TPSA) is 54.0 Å². The normalized spacial score (nSPS) is 19.9. The molecule has 2 saturated heterocycles. The van der Waals surface area contributed by atoms with Gasteiger partial charge in [0.15, 0.2) is 0 Å². The summed E-state index contributed by atoms with van der Waals surface area (Å²) < 4.78 is 11.3. The van der Waals surface area contributed by atoms with Crippen LogP contribution in [-0.2, 0) is 9.53 Å². The standard InChI is InChI=1S/C19H29N3O3.2ClH/c23-19(16-20-15-18-7-4-13-24-18)22-10-8-21(9-11-22)12-14-25-17-5-2-1-3-6-17;;/h1-3,5-6,18,20H,4,7-16H2;2*1H. The first-order valence-corrected chi connectivity index (χ1v) is 9.31. The Morgan fingerprint density at radius 1 is 1.15 bits per heavy atom. The predicted molar refractivity (Wildman–Crippen MR) is 111 cm³/mol. The van der Waals surface area contributed by atoms with E-state index in [-0.39, 0.29) is 36.8 Å². The largest absolute Gasteiger partial charge is 0.492 e. The summed E-state index contributed by atoms with van der Waals surface area (Å²) in [5, 5.41) is 3.24. The van der Waals surface area contributed by atoms with Crippen LogP contribution in [0.4, 0.5) is 0 Å². The van der Waals surface area contributed by atoms with Gasteiger partial charge in [-0.25, -0.2) is 0 Å². The third-order valence-corrected chi connectivity index (χ3v) is 4.82. The van der Waals surface area contributed by atoms with Gasteiger partial charge in [0.2, 0.25) is 5.91 Å². The van der Waals surface area contributed by atoms with Crippen molar-refractivity contribution in [3.8, 4) is 5.75 Å². The summed E-state index contributed by atoms with van der Waals surface area (Å²) in [6.45, 7) is 7.05. The molecule has 2 aliphatic heterocycles. The fraction of sp³-hybridized carbons (Fsp3) is 0.632. The Labute approximate surface area is 174 Å². The summed E-state index contributed by atoms with van der Waals surface area (Å²) in [7, 11) is 0. The summed E-state index contributed by atoms with van der Waals surface area (Å²) in [5.41, 5.74) is 0. The number of hydrogen-bond donors (Lipinski definition) is 1. The van der Waals surface area contributed by atoms with Crippen LogP contribution in [0.2, 0.25) is 0 Å². The van der Waals surface area contributed by atoms with Crippen molar-refractivity contribution in [3.05, 3.63) is 30.3 Å². The molecular formula is C19H31Cl2N3O3. The Bertz CT molecular complexity index is 522. The number of para-hydroxylation sites is 1. The summed E-state index contributed by atoms with van der Waals surface area (Å²) >= 11 is 0. The van der Waals surface area contributed by atoms with Crippen molar-refractivity contribution in [2.75, 3.05) is 59.0 Å². The predicted octanol–water partition coefficient (Wildman–Crippen LogP) is 1.82. The van der Waals surface area contributed by atoms with Crippen LogP contribution in [-0.4, -0.2) is 80.8 Å². The fourth-order valence-electron chi connectivity index (χ4n) is 3.29. The first-order valence-electron chi connectivity index (χ1n) is 9.31. The van der Waals surface area contributed by atoms with Gasteiger partial charge in [-0.15, -0.1) is 24.8 Å². The minimum absolute atomic E-state index is 0.